The summed E-state index contributed by atoms with van der Waals surface area (Å²) in [6.07, 6.45) is 6.82. The van der Waals surface area contributed by atoms with Crippen LogP contribution < -0.4 is 4.90 Å². The summed E-state index contributed by atoms with van der Waals surface area (Å²) in [5, 5.41) is 0. The summed E-state index contributed by atoms with van der Waals surface area (Å²) in [6, 6.07) is 14.1. The van der Waals surface area contributed by atoms with Gasteiger partial charge in [0.05, 0.1) is 12.2 Å². The van der Waals surface area contributed by atoms with E-state index in [0.29, 0.717) is 19.0 Å². The van der Waals surface area contributed by atoms with Crippen molar-refractivity contribution in [3.8, 4) is 11.1 Å². The Morgan fingerprint density at radius 1 is 1.09 bits per heavy atom. The van der Waals surface area contributed by atoms with Crippen molar-refractivity contribution in [3.63, 3.8) is 0 Å². The van der Waals surface area contributed by atoms with Crippen LogP contribution in [0.3, 0.4) is 0 Å². The van der Waals surface area contributed by atoms with Crippen LogP contribution in [0, 0.1) is 23.2 Å². The number of thioether (sulfide) groups is 1. The molecular weight excluding hydrogens is 562 g/mol. The van der Waals surface area contributed by atoms with Crippen LogP contribution in [0.5, 0.6) is 0 Å². The zero-order valence-corrected chi connectivity index (χ0v) is 26.1. The number of amidine groups is 1. The van der Waals surface area contributed by atoms with Crippen molar-refractivity contribution in [2.45, 2.75) is 82.5 Å². The van der Waals surface area contributed by atoms with E-state index in [9.17, 15) is 13.6 Å². The Morgan fingerprint density at radius 2 is 1.88 bits per heavy atom. The van der Waals surface area contributed by atoms with Gasteiger partial charge in [-0.2, -0.15) is 0 Å². The summed E-state index contributed by atoms with van der Waals surface area (Å²) >= 11 is 1.72. The quantitative estimate of drug-likeness (QED) is 0.179. The topological polar surface area (TPSA) is 57.4 Å². The number of alkyl halides is 2. The predicted octanol–water partition coefficient (Wildman–Crippen LogP) is 9.03. The normalized spacial score (nSPS) is 24.8. The molecule has 1 heterocycles. The first kappa shape index (κ1) is 30.2. The number of hydrogen-bond donors (Lipinski definition) is 0. The Hall–Kier alpha value is -2.87. The van der Waals surface area contributed by atoms with Crippen LogP contribution in [-0.2, 0) is 4.79 Å². The van der Waals surface area contributed by atoms with E-state index >= 15 is 0 Å². The fraction of sp³-hybridized carbons (Fsp3) is 0.543. The summed E-state index contributed by atoms with van der Waals surface area (Å²) in [7, 11) is 0. The van der Waals surface area contributed by atoms with Crippen molar-refractivity contribution in [2.75, 3.05) is 23.7 Å². The van der Waals surface area contributed by atoms with Gasteiger partial charge in [-0.3, -0.25) is 14.8 Å². The molecule has 43 heavy (non-hydrogen) atoms. The van der Waals surface area contributed by atoms with Crippen LogP contribution in [-0.4, -0.2) is 48.9 Å². The molecular formula is C35H42F2N4OS. The highest BCUT2D eigenvalue weighted by molar-refractivity contribution is 7.99. The number of benzene rings is 2. The highest BCUT2D eigenvalue weighted by Gasteiger charge is 2.51. The lowest BCUT2D eigenvalue weighted by molar-refractivity contribution is -0.147. The second kappa shape index (κ2) is 12.3. The van der Waals surface area contributed by atoms with Gasteiger partial charge in [0, 0.05) is 52.9 Å². The third-order valence-corrected chi connectivity index (χ3v) is 10.6. The fourth-order valence-corrected chi connectivity index (χ4v) is 8.11. The molecule has 3 aliphatic carbocycles. The molecule has 228 valence electrons. The summed E-state index contributed by atoms with van der Waals surface area (Å²) < 4.78 is 27.8. The first-order valence-electron chi connectivity index (χ1n) is 15.9. The van der Waals surface area contributed by atoms with Crippen LogP contribution in [0.25, 0.3) is 11.1 Å². The third kappa shape index (κ3) is 6.36. The highest BCUT2D eigenvalue weighted by atomic mass is 32.2. The number of nitrogens with zero attached hydrogens (tertiary/aromatic N) is 4. The standard InChI is InChI=1S/C35H42F2N4OS/c1-4-14-34(31-21-39-32(40-31)24-9-10-24)15-13-23(18-34)22-41(33(42)27-19-35(36,37)20-27)28-8-6-7-25(16-28)26-11-12-29(38-3)30(17-26)43-5-2/h6-8,11-12,16-17,23-24,27H,3-5,9-10,13-15,18-22H2,1-2H3. The average molecular weight is 605 g/mol. The molecule has 2 aromatic carbocycles. The van der Waals surface area contributed by atoms with Gasteiger partial charge in [-0.15, -0.1) is 11.8 Å². The van der Waals surface area contributed by atoms with E-state index in [1.165, 1.54) is 18.6 Å². The van der Waals surface area contributed by atoms with Crippen molar-refractivity contribution in [3.05, 3.63) is 42.5 Å². The Labute approximate surface area is 258 Å². The molecule has 5 nitrogen and oxygen atoms in total. The number of carbonyl (C=O) groups is 1. The number of amides is 1. The first-order valence-corrected chi connectivity index (χ1v) is 16.9. The van der Waals surface area contributed by atoms with E-state index in [0.717, 1.165) is 71.1 Å². The fourth-order valence-electron chi connectivity index (χ4n) is 7.30. The van der Waals surface area contributed by atoms with E-state index in [1.54, 1.807) is 11.8 Å². The van der Waals surface area contributed by atoms with E-state index in [-0.39, 0.29) is 30.1 Å². The van der Waals surface area contributed by atoms with Crippen LogP contribution in [0.2, 0.25) is 0 Å². The van der Waals surface area contributed by atoms with Gasteiger partial charge in [0.15, 0.2) is 0 Å². The van der Waals surface area contributed by atoms with Crippen LogP contribution in [0.15, 0.2) is 62.3 Å². The highest BCUT2D eigenvalue weighted by Crippen LogP contribution is 2.49. The maximum atomic E-state index is 13.9. The maximum Gasteiger partial charge on any atom is 0.249 e. The molecule has 0 saturated heterocycles. The SMILES string of the molecule is C=Nc1ccc(-c2cccc(N(CC3CCC(CCC)(C4=NC(C5CC5)=NC4)C3)C(=O)C3CC(F)(F)C3)c2)cc1SCC. The monoisotopic (exact) mass is 604 g/mol. The molecule has 1 amide bonds. The van der Waals surface area contributed by atoms with Crippen molar-refractivity contribution in [1.82, 2.24) is 0 Å². The first-order chi connectivity index (χ1) is 20.7. The summed E-state index contributed by atoms with van der Waals surface area (Å²) in [6.45, 7) is 9.29. The van der Waals surface area contributed by atoms with Gasteiger partial charge in [0.25, 0.3) is 0 Å². The van der Waals surface area contributed by atoms with Crippen molar-refractivity contribution in [1.29, 1.82) is 0 Å². The number of halogens is 2. The molecule has 0 bridgehead atoms. The Kier molecular flexibility index (Phi) is 8.60. The number of hydrogen-bond acceptors (Lipinski definition) is 5. The zero-order valence-electron chi connectivity index (χ0n) is 25.3. The van der Waals surface area contributed by atoms with Crippen LogP contribution >= 0.6 is 11.8 Å². The number of carbonyl (C=O) groups excluding carboxylic acids is 1. The minimum absolute atomic E-state index is 0.0217. The Bertz CT molecular complexity index is 1440. The molecule has 2 unspecified atom stereocenters. The molecule has 3 saturated carbocycles. The molecule has 0 radical (unpaired) electrons. The minimum atomic E-state index is -2.74. The number of anilines is 1. The van der Waals surface area contributed by atoms with Crippen LogP contribution in [0.1, 0.15) is 71.6 Å². The summed E-state index contributed by atoms with van der Waals surface area (Å²) in [4.78, 5) is 30.8. The van der Waals surface area contributed by atoms with Gasteiger partial charge in [-0.25, -0.2) is 13.8 Å². The Balaban J connectivity index is 1.27. The van der Waals surface area contributed by atoms with Gasteiger partial charge in [-0.1, -0.05) is 38.5 Å². The van der Waals surface area contributed by atoms with Gasteiger partial charge < -0.3 is 4.90 Å². The second-order valence-corrected chi connectivity index (χ2v) is 14.2. The van der Waals surface area contributed by atoms with E-state index in [4.69, 9.17) is 9.98 Å². The zero-order chi connectivity index (χ0) is 30.2. The van der Waals surface area contributed by atoms with Gasteiger partial charge >= 0.3 is 0 Å². The molecule has 3 fully saturated rings. The third-order valence-electron chi connectivity index (χ3n) is 9.70. The van der Waals surface area contributed by atoms with Gasteiger partial charge in [0.1, 0.15) is 5.84 Å². The van der Waals surface area contributed by atoms with Gasteiger partial charge in [0.2, 0.25) is 11.8 Å². The minimum Gasteiger partial charge on any atom is -0.312 e. The molecule has 6 rings (SSSR count). The molecule has 2 aromatic rings. The lowest BCUT2D eigenvalue weighted by atomic mass is 9.76. The summed E-state index contributed by atoms with van der Waals surface area (Å²) in [5.74, 6) is -0.770. The van der Waals surface area contributed by atoms with Crippen molar-refractivity contribution >= 4 is 47.3 Å². The van der Waals surface area contributed by atoms with Crippen molar-refractivity contribution < 1.29 is 13.6 Å². The number of rotatable bonds is 12. The molecule has 4 aliphatic rings. The lowest BCUT2D eigenvalue weighted by Crippen LogP contribution is -2.48. The smallest absolute Gasteiger partial charge is 0.249 e. The van der Waals surface area contributed by atoms with Gasteiger partial charge in [-0.05, 0) is 92.3 Å². The molecule has 8 heteroatoms. The van der Waals surface area contributed by atoms with Crippen molar-refractivity contribution in [2.24, 2.45) is 38.1 Å². The maximum absolute atomic E-state index is 13.9. The Morgan fingerprint density at radius 3 is 2.58 bits per heavy atom. The molecule has 0 N–H and O–H groups in total. The molecule has 1 aliphatic heterocycles. The number of aliphatic imine (C=N–C) groups is 3. The molecule has 2 atom stereocenters. The van der Waals surface area contributed by atoms with E-state index in [2.05, 4.69) is 31.6 Å². The molecule has 0 aromatic heterocycles. The van der Waals surface area contributed by atoms with E-state index in [1.807, 2.05) is 41.3 Å². The lowest BCUT2D eigenvalue weighted by Gasteiger charge is -2.38. The van der Waals surface area contributed by atoms with E-state index < -0.39 is 11.8 Å². The average Bonchev–Trinajstić information content (AvgIpc) is 3.57. The summed E-state index contributed by atoms with van der Waals surface area (Å²) in [5.41, 5.74) is 4.90. The largest absolute Gasteiger partial charge is 0.312 e. The predicted molar refractivity (Wildman–Crippen MR) is 175 cm³/mol. The molecule has 0 spiro atoms. The second-order valence-electron chi connectivity index (χ2n) is 12.9. The van der Waals surface area contributed by atoms with Crippen LogP contribution in [0.4, 0.5) is 20.2 Å².